The van der Waals surface area contributed by atoms with E-state index in [4.69, 9.17) is 16.3 Å². The third-order valence-corrected chi connectivity index (χ3v) is 2.39. The third-order valence-electron chi connectivity index (χ3n) is 1.86. The van der Waals surface area contributed by atoms with Crippen LogP contribution in [0.1, 0.15) is 40.5 Å². The minimum absolute atomic E-state index is 0.0788. The summed E-state index contributed by atoms with van der Waals surface area (Å²) in [6, 6.07) is 0. The average Bonchev–Trinajstić information content (AvgIpc) is 2.13. The van der Waals surface area contributed by atoms with Gasteiger partial charge in [-0.3, -0.25) is 4.79 Å². The Morgan fingerprint density at radius 2 is 2.07 bits per heavy atom. The maximum absolute atomic E-state index is 11.3. The van der Waals surface area contributed by atoms with Crippen LogP contribution in [0.5, 0.6) is 0 Å². The number of rotatable bonds is 6. The Morgan fingerprint density at radius 3 is 2.53 bits per heavy atom. The van der Waals surface area contributed by atoms with E-state index >= 15 is 0 Å². The zero-order valence-corrected chi connectivity index (χ0v) is 10.9. The number of amides is 1. The van der Waals surface area contributed by atoms with E-state index < -0.39 is 0 Å². The lowest BCUT2D eigenvalue weighted by Gasteiger charge is -2.19. The summed E-state index contributed by atoms with van der Waals surface area (Å²) in [5.41, 5.74) is -0.268. The number of hydrogen-bond acceptors (Lipinski definition) is 2. The van der Waals surface area contributed by atoms with Gasteiger partial charge in [-0.2, -0.15) is 0 Å². The Bertz CT molecular complexity index is 190. The zero-order chi connectivity index (χ0) is 11.9. The average molecular weight is 236 g/mol. The molecule has 0 aliphatic heterocycles. The lowest BCUT2D eigenvalue weighted by Crippen LogP contribution is -2.33. The van der Waals surface area contributed by atoms with Gasteiger partial charge >= 0.3 is 0 Å². The first-order chi connectivity index (χ1) is 6.85. The van der Waals surface area contributed by atoms with E-state index in [2.05, 4.69) is 5.32 Å². The standard InChI is InChI=1S/C11H22ClNO2/c1-5-9(12)6-7-13-10(14)8-15-11(2,3)4/h9H,5-8H2,1-4H3,(H,13,14). The number of hydrogen-bond donors (Lipinski definition) is 1. The molecule has 0 saturated heterocycles. The van der Waals surface area contributed by atoms with E-state index in [-0.39, 0.29) is 23.5 Å². The van der Waals surface area contributed by atoms with Crippen LogP contribution in [-0.2, 0) is 9.53 Å². The molecule has 1 unspecified atom stereocenters. The van der Waals surface area contributed by atoms with Gasteiger partial charge in [0.15, 0.2) is 0 Å². The van der Waals surface area contributed by atoms with Crippen LogP contribution < -0.4 is 5.32 Å². The second-order valence-corrected chi connectivity index (χ2v) is 5.16. The van der Waals surface area contributed by atoms with Crippen molar-refractivity contribution in [1.82, 2.24) is 5.32 Å². The molecule has 1 atom stereocenters. The summed E-state index contributed by atoms with van der Waals surface area (Å²) in [6.07, 6.45) is 1.73. The van der Waals surface area contributed by atoms with Gasteiger partial charge in [-0.25, -0.2) is 0 Å². The smallest absolute Gasteiger partial charge is 0.246 e. The van der Waals surface area contributed by atoms with E-state index in [1.807, 2.05) is 27.7 Å². The summed E-state index contributed by atoms with van der Waals surface area (Å²) >= 11 is 5.92. The summed E-state index contributed by atoms with van der Waals surface area (Å²) in [5.74, 6) is -0.0788. The second-order valence-electron chi connectivity index (χ2n) is 4.55. The predicted molar refractivity (Wildman–Crippen MR) is 63.3 cm³/mol. The molecule has 3 nitrogen and oxygen atoms in total. The maximum atomic E-state index is 11.3. The molecule has 90 valence electrons. The number of carbonyl (C=O) groups excluding carboxylic acids is 1. The predicted octanol–water partition coefficient (Wildman–Crippen LogP) is 2.33. The SMILES string of the molecule is CCC(Cl)CCNC(=O)COC(C)(C)C. The minimum Gasteiger partial charge on any atom is -0.366 e. The van der Waals surface area contributed by atoms with Crippen molar-refractivity contribution in [3.8, 4) is 0 Å². The van der Waals surface area contributed by atoms with Crippen molar-refractivity contribution < 1.29 is 9.53 Å². The Kier molecular flexibility index (Phi) is 6.94. The molecule has 0 radical (unpaired) electrons. The normalized spacial score (nSPS) is 13.7. The zero-order valence-electron chi connectivity index (χ0n) is 10.1. The van der Waals surface area contributed by atoms with Crippen molar-refractivity contribution in [2.24, 2.45) is 0 Å². The van der Waals surface area contributed by atoms with E-state index in [0.29, 0.717) is 6.54 Å². The Labute approximate surface area is 97.5 Å². The molecule has 0 aliphatic carbocycles. The Morgan fingerprint density at radius 1 is 1.47 bits per heavy atom. The van der Waals surface area contributed by atoms with Crippen LogP contribution in [0.4, 0.5) is 0 Å². The molecule has 0 spiro atoms. The van der Waals surface area contributed by atoms with E-state index in [1.165, 1.54) is 0 Å². The first kappa shape index (κ1) is 14.7. The van der Waals surface area contributed by atoms with Crippen molar-refractivity contribution >= 4 is 17.5 Å². The highest BCUT2D eigenvalue weighted by Gasteiger charge is 2.12. The molecule has 0 bridgehead atoms. The topological polar surface area (TPSA) is 38.3 Å². The number of ether oxygens (including phenoxy) is 1. The summed E-state index contributed by atoms with van der Waals surface area (Å²) in [6.45, 7) is 8.53. The van der Waals surface area contributed by atoms with Crippen LogP contribution >= 0.6 is 11.6 Å². The quantitative estimate of drug-likeness (QED) is 0.718. The molecule has 0 aromatic rings. The van der Waals surface area contributed by atoms with E-state index in [1.54, 1.807) is 0 Å². The van der Waals surface area contributed by atoms with Gasteiger partial charge in [-0.15, -0.1) is 11.6 Å². The minimum atomic E-state index is -0.268. The van der Waals surface area contributed by atoms with Crippen molar-refractivity contribution in [2.75, 3.05) is 13.2 Å². The number of halogens is 1. The van der Waals surface area contributed by atoms with Crippen molar-refractivity contribution in [3.63, 3.8) is 0 Å². The van der Waals surface area contributed by atoms with Gasteiger partial charge in [0.2, 0.25) is 5.91 Å². The van der Waals surface area contributed by atoms with Gasteiger partial charge < -0.3 is 10.1 Å². The molecule has 4 heteroatoms. The second kappa shape index (κ2) is 7.07. The van der Waals surface area contributed by atoms with Gasteiger partial charge in [0.25, 0.3) is 0 Å². The highest BCUT2D eigenvalue weighted by molar-refractivity contribution is 6.20. The molecule has 0 aliphatic rings. The van der Waals surface area contributed by atoms with E-state index in [0.717, 1.165) is 12.8 Å². The lowest BCUT2D eigenvalue weighted by molar-refractivity contribution is -0.130. The summed E-state index contributed by atoms with van der Waals surface area (Å²) in [5, 5.41) is 2.92. The molecular formula is C11H22ClNO2. The molecule has 1 N–H and O–H groups in total. The lowest BCUT2D eigenvalue weighted by atomic mass is 10.2. The summed E-state index contributed by atoms with van der Waals surface area (Å²) in [7, 11) is 0. The molecule has 0 aromatic carbocycles. The number of alkyl halides is 1. The van der Waals surface area contributed by atoms with Crippen LogP contribution in [0.2, 0.25) is 0 Å². The van der Waals surface area contributed by atoms with Crippen LogP contribution in [0.15, 0.2) is 0 Å². The molecule has 0 heterocycles. The van der Waals surface area contributed by atoms with Crippen molar-refractivity contribution in [1.29, 1.82) is 0 Å². The molecule has 15 heavy (non-hydrogen) atoms. The van der Waals surface area contributed by atoms with Gasteiger partial charge in [0, 0.05) is 11.9 Å². The fourth-order valence-electron chi connectivity index (χ4n) is 0.905. The summed E-state index contributed by atoms with van der Waals surface area (Å²) < 4.78 is 5.33. The Balaban J connectivity index is 3.50. The van der Waals surface area contributed by atoms with Crippen LogP contribution in [-0.4, -0.2) is 30.0 Å². The molecule has 0 rings (SSSR count). The van der Waals surface area contributed by atoms with Gasteiger partial charge in [-0.05, 0) is 33.6 Å². The molecule has 0 aromatic heterocycles. The monoisotopic (exact) mass is 235 g/mol. The number of nitrogens with one attached hydrogen (secondary N) is 1. The van der Waals surface area contributed by atoms with Gasteiger partial charge in [0.1, 0.15) is 6.61 Å². The Hall–Kier alpha value is -0.280. The largest absolute Gasteiger partial charge is 0.366 e. The van der Waals surface area contributed by atoms with Gasteiger partial charge in [-0.1, -0.05) is 6.92 Å². The van der Waals surface area contributed by atoms with Gasteiger partial charge in [0.05, 0.1) is 5.60 Å². The molecular weight excluding hydrogens is 214 g/mol. The highest BCUT2D eigenvalue weighted by atomic mass is 35.5. The molecule has 1 amide bonds. The number of carbonyl (C=O) groups is 1. The fraction of sp³-hybridized carbons (Fsp3) is 0.909. The molecule has 0 fully saturated rings. The highest BCUT2D eigenvalue weighted by Crippen LogP contribution is 2.06. The third kappa shape index (κ3) is 10.0. The van der Waals surface area contributed by atoms with E-state index in [9.17, 15) is 4.79 Å². The van der Waals surface area contributed by atoms with Crippen LogP contribution in [0, 0.1) is 0 Å². The maximum Gasteiger partial charge on any atom is 0.246 e. The van der Waals surface area contributed by atoms with Crippen molar-refractivity contribution in [2.45, 2.75) is 51.5 Å². The van der Waals surface area contributed by atoms with Crippen molar-refractivity contribution in [3.05, 3.63) is 0 Å². The van der Waals surface area contributed by atoms with Crippen LogP contribution in [0.3, 0.4) is 0 Å². The first-order valence-electron chi connectivity index (χ1n) is 5.40. The first-order valence-corrected chi connectivity index (χ1v) is 5.83. The summed E-state index contributed by atoms with van der Waals surface area (Å²) in [4.78, 5) is 11.3. The fourth-order valence-corrected chi connectivity index (χ4v) is 1.01. The van der Waals surface area contributed by atoms with Crippen LogP contribution in [0.25, 0.3) is 0 Å². The molecule has 0 saturated carbocycles.